The van der Waals surface area contributed by atoms with E-state index in [4.69, 9.17) is 15.7 Å². The van der Waals surface area contributed by atoms with Crippen molar-refractivity contribution < 1.29 is 9.94 Å². The number of para-hydroxylation sites is 1. The van der Waals surface area contributed by atoms with Crippen LogP contribution in [-0.2, 0) is 6.42 Å². The topological polar surface area (TPSA) is 106 Å². The van der Waals surface area contributed by atoms with E-state index in [0.717, 1.165) is 10.2 Å². The first-order chi connectivity index (χ1) is 12.6. The maximum absolute atomic E-state index is 8.59. The molecule has 0 bridgehead atoms. The number of nitrogens with zero attached hydrogens (tertiary/aromatic N) is 3. The molecule has 0 fully saturated rings. The Labute approximate surface area is 162 Å². The molecule has 134 valence electrons. The molecule has 0 amide bonds. The number of ether oxygens (including phenoxy) is 1. The van der Waals surface area contributed by atoms with Crippen LogP contribution >= 0.6 is 27.3 Å². The predicted octanol–water partition coefficient (Wildman–Crippen LogP) is 4.52. The van der Waals surface area contributed by atoms with Gasteiger partial charge in [0.2, 0.25) is 0 Å². The van der Waals surface area contributed by atoms with Crippen molar-refractivity contribution in [3.05, 3.63) is 58.1 Å². The average molecular weight is 434 g/mol. The second-order valence-corrected chi connectivity index (χ2v) is 7.05. The van der Waals surface area contributed by atoms with Crippen LogP contribution in [0.5, 0.6) is 11.5 Å². The van der Waals surface area contributed by atoms with E-state index in [1.54, 1.807) is 6.20 Å². The molecule has 0 spiro atoms. The third-order valence-corrected chi connectivity index (χ3v) is 4.57. The second kappa shape index (κ2) is 8.63. The zero-order valence-electron chi connectivity index (χ0n) is 13.6. The summed E-state index contributed by atoms with van der Waals surface area (Å²) in [7, 11) is 0. The van der Waals surface area contributed by atoms with Gasteiger partial charge in [-0.1, -0.05) is 23.4 Å². The number of hydrogen-bond acceptors (Lipinski definition) is 7. The molecule has 0 radical (unpaired) electrons. The van der Waals surface area contributed by atoms with E-state index in [2.05, 4.69) is 36.4 Å². The fraction of sp³-hybridized carbons (Fsp3) is 0.118. The van der Waals surface area contributed by atoms with Gasteiger partial charge < -0.3 is 21.0 Å². The Hall–Kier alpha value is -2.65. The van der Waals surface area contributed by atoms with Crippen molar-refractivity contribution in [1.82, 2.24) is 9.97 Å². The van der Waals surface area contributed by atoms with Gasteiger partial charge in [-0.2, -0.15) is 0 Å². The van der Waals surface area contributed by atoms with Gasteiger partial charge in [0.05, 0.1) is 5.69 Å². The molecule has 0 aliphatic carbocycles. The average Bonchev–Trinajstić information content (AvgIpc) is 3.10. The number of amidine groups is 1. The van der Waals surface area contributed by atoms with Gasteiger partial charge >= 0.3 is 0 Å². The highest BCUT2D eigenvalue weighted by molar-refractivity contribution is 9.10. The van der Waals surface area contributed by atoms with E-state index in [1.165, 1.54) is 11.3 Å². The molecule has 26 heavy (non-hydrogen) atoms. The van der Waals surface area contributed by atoms with Crippen LogP contribution in [0.3, 0.4) is 0 Å². The standard InChI is InChI=1S/C17H16BrN5O2S/c18-11-8-14(25-13-4-2-1-3-5-13)16(20-9-11)22-17-21-12(10-26-17)6-7-15(19)23-24/h1-5,8-10,24H,6-7H2,(H2,19,23)(H,20,21,22). The lowest BCUT2D eigenvalue weighted by Crippen LogP contribution is -2.12. The van der Waals surface area contributed by atoms with Crippen LogP contribution in [0.15, 0.2) is 57.6 Å². The molecular weight excluding hydrogens is 418 g/mol. The molecule has 3 aromatic rings. The first-order valence-corrected chi connectivity index (χ1v) is 9.37. The number of nitrogens with one attached hydrogen (secondary N) is 1. The molecule has 2 aromatic heterocycles. The lowest BCUT2D eigenvalue weighted by molar-refractivity contribution is 0.317. The highest BCUT2D eigenvalue weighted by Gasteiger charge is 2.11. The molecule has 1 aromatic carbocycles. The van der Waals surface area contributed by atoms with Crippen LogP contribution in [0.2, 0.25) is 0 Å². The number of anilines is 2. The smallest absolute Gasteiger partial charge is 0.188 e. The zero-order valence-corrected chi connectivity index (χ0v) is 16.0. The summed E-state index contributed by atoms with van der Waals surface area (Å²) >= 11 is 4.86. The van der Waals surface area contributed by atoms with E-state index < -0.39 is 0 Å². The molecule has 0 atom stereocenters. The largest absolute Gasteiger partial charge is 0.453 e. The Kier molecular flexibility index (Phi) is 6.03. The molecule has 0 saturated heterocycles. The number of halogens is 1. The summed E-state index contributed by atoms with van der Waals surface area (Å²) in [5.41, 5.74) is 6.34. The van der Waals surface area contributed by atoms with Crippen molar-refractivity contribution in [1.29, 1.82) is 0 Å². The normalized spacial score (nSPS) is 11.3. The minimum absolute atomic E-state index is 0.181. The van der Waals surface area contributed by atoms with E-state index in [-0.39, 0.29) is 5.84 Å². The number of oxime groups is 1. The van der Waals surface area contributed by atoms with Crippen LogP contribution < -0.4 is 15.8 Å². The fourth-order valence-electron chi connectivity index (χ4n) is 2.09. The molecule has 2 heterocycles. The molecule has 4 N–H and O–H groups in total. The monoisotopic (exact) mass is 433 g/mol. The SMILES string of the molecule is N/C(CCc1csc(Nc2ncc(Br)cc2Oc2ccccc2)n1)=N\O. The number of rotatable bonds is 7. The van der Waals surface area contributed by atoms with E-state index in [9.17, 15) is 0 Å². The van der Waals surface area contributed by atoms with E-state index in [0.29, 0.717) is 35.3 Å². The maximum Gasteiger partial charge on any atom is 0.188 e. The maximum atomic E-state index is 8.59. The number of nitrogens with two attached hydrogens (primary N) is 1. The van der Waals surface area contributed by atoms with Crippen LogP contribution in [0, 0.1) is 0 Å². The third kappa shape index (κ3) is 4.93. The van der Waals surface area contributed by atoms with Crippen molar-refractivity contribution in [3.63, 3.8) is 0 Å². The highest BCUT2D eigenvalue weighted by atomic mass is 79.9. The first kappa shape index (κ1) is 18.2. The number of pyridine rings is 1. The Morgan fingerprint density at radius 1 is 1.35 bits per heavy atom. The minimum Gasteiger partial charge on any atom is -0.453 e. The summed E-state index contributed by atoms with van der Waals surface area (Å²) < 4.78 is 6.74. The summed E-state index contributed by atoms with van der Waals surface area (Å²) in [4.78, 5) is 8.87. The summed E-state index contributed by atoms with van der Waals surface area (Å²) in [5, 5.41) is 17.3. The van der Waals surface area contributed by atoms with Crippen LogP contribution in [0.25, 0.3) is 0 Å². The van der Waals surface area contributed by atoms with Gasteiger partial charge in [0.1, 0.15) is 11.6 Å². The van der Waals surface area contributed by atoms with Gasteiger partial charge in [-0.05, 0) is 34.5 Å². The van der Waals surface area contributed by atoms with Crippen molar-refractivity contribution >= 4 is 44.1 Å². The Balaban J connectivity index is 1.74. The fourth-order valence-corrected chi connectivity index (χ4v) is 3.15. The first-order valence-electron chi connectivity index (χ1n) is 7.70. The van der Waals surface area contributed by atoms with E-state index in [1.807, 2.05) is 41.8 Å². The van der Waals surface area contributed by atoms with Crippen LogP contribution in [-0.4, -0.2) is 21.0 Å². The number of aromatic nitrogens is 2. The third-order valence-electron chi connectivity index (χ3n) is 3.33. The molecule has 7 nitrogen and oxygen atoms in total. The number of thiazole rings is 1. The van der Waals surface area contributed by atoms with Gasteiger partial charge in [0, 0.05) is 28.5 Å². The van der Waals surface area contributed by atoms with Crippen LogP contribution in [0.4, 0.5) is 10.9 Å². The van der Waals surface area contributed by atoms with Gasteiger partial charge in [0.25, 0.3) is 0 Å². The Morgan fingerprint density at radius 3 is 2.92 bits per heavy atom. The Morgan fingerprint density at radius 2 is 2.15 bits per heavy atom. The minimum atomic E-state index is 0.181. The molecule has 0 saturated carbocycles. The zero-order chi connectivity index (χ0) is 18.4. The lowest BCUT2D eigenvalue weighted by atomic mass is 10.2. The number of aryl methyl sites for hydroxylation is 1. The summed E-state index contributed by atoms with van der Waals surface area (Å²) in [5.74, 6) is 2.04. The van der Waals surface area contributed by atoms with Crippen LogP contribution in [0.1, 0.15) is 12.1 Å². The summed E-state index contributed by atoms with van der Waals surface area (Å²) in [6.07, 6.45) is 2.72. The van der Waals surface area contributed by atoms with Crippen molar-refractivity contribution in [3.8, 4) is 11.5 Å². The number of hydrogen-bond donors (Lipinski definition) is 3. The van der Waals surface area contributed by atoms with Crippen molar-refractivity contribution in [2.45, 2.75) is 12.8 Å². The summed E-state index contributed by atoms with van der Waals surface area (Å²) in [6.45, 7) is 0. The Bertz CT molecular complexity index is 901. The van der Waals surface area contributed by atoms with Gasteiger partial charge in [-0.25, -0.2) is 9.97 Å². The molecule has 3 rings (SSSR count). The lowest BCUT2D eigenvalue weighted by Gasteiger charge is -2.11. The predicted molar refractivity (Wildman–Crippen MR) is 106 cm³/mol. The van der Waals surface area contributed by atoms with Crippen molar-refractivity contribution in [2.24, 2.45) is 10.9 Å². The molecule has 9 heteroatoms. The van der Waals surface area contributed by atoms with Crippen molar-refractivity contribution in [2.75, 3.05) is 5.32 Å². The van der Waals surface area contributed by atoms with Gasteiger partial charge in [0.15, 0.2) is 16.7 Å². The van der Waals surface area contributed by atoms with E-state index >= 15 is 0 Å². The second-order valence-electron chi connectivity index (χ2n) is 5.28. The molecular formula is C17H16BrN5O2S. The molecule has 0 aliphatic rings. The van der Waals surface area contributed by atoms with Gasteiger partial charge in [-0.3, -0.25) is 0 Å². The summed E-state index contributed by atoms with van der Waals surface area (Å²) in [6, 6.07) is 11.3. The quantitative estimate of drug-likeness (QED) is 0.219. The van der Waals surface area contributed by atoms with Gasteiger partial charge in [-0.15, -0.1) is 11.3 Å². The number of benzene rings is 1. The highest BCUT2D eigenvalue weighted by Crippen LogP contribution is 2.33. The molecule has 0 unspecified atom stereocenters. The molecule has 0 aliphatic heterocycles.